The van der Waals surface area contributed by atoms with Gasteiger partial charge in [-0.15, -0.1) is 0 Å². The van der Waals surface area contributed by atoms with E-state index in [1.807, 2.05) is 24.3 Å². The minimum atomic E-state index is 0.372. The van der Waals surface area contributed by atoms with Gasteiger partial charge in [-0.3, -0.25) is 0 Å². The summed E-state index contributed by atoms with van der Waals surface area (Å²) in [6, 6.07) is 11.9. The molecule has 1 aliphatic carbocycles. The number of hydrogen-bond acceptors (Lipinski definition) is 1. The van der Waals surface area contributed by atoms with Gasteiger partial charge in [0.25, 0.3) is 0 Å². The molecule has 0 aliphatic heterocycles. The first-order valence-corrected chi connectivity index (χ1v) is 6.75. The van der Waals surface area contributed by atoms with Crippen molar-refractivity contribution in [1.29, 1.82) is 0 Å². The topological polar surface area (TPSA) is 20.2 Å². The summed E-state index contributed by atoms with van der Waals surface area (Å²) in [6.45, 7) is 0. The second-order valence-electron chi connectivity index (χ2n) is 5.08. The van der Waals surface area contributed by atoms with Crippen LogP contribution in [0.5, 0.6) is 5.75 Å². The Kier molecular flexibility index (Phi) is 3.06. The van der Waals surface area contributed by atoms with Crippen molar-refractivity contribution in [3.8, 4) is 5.75 Å². The van der Waals surface area contributed by atoms with Crippen LogP contribution in [0.25, 0.3) is 16.8 Å². The van der Waals surface area contributed by atoms with Crippen molar-refractivity contribution >= 4 is 16.8 Å². The van der Waals surface area contributed by atoms with E-state index in [1.54, 1.807) is 11.6 Å². The van der Waals surface area contributed by atoms with E-state index in [9.17, 15) is 5.11 Å². The molecule has 1 saturated carbocycles. The Morgan fingerprint density at radius 3 is 2.33 bits per heavy atom. The molecule has 0 saturated heterocycles. The number of phenolic OH excluding ortho intramolecular Hbond substituents is 1. The fraction of sp³-hybridized carbons (Fsp3) is 0.294. The van der Waals surface area contributed by atoms with Gasteiger partial charge >= 0.3 is 0 Å². The predicted molar refractivity (Wildman–Crippen MR) is 76.7 cm³/mol. The van der Waals surface area contributed by atoms with Crippen LogP contribution in [0.15, 0.2) is 42.0 Å². The Hall–Kier alpha value is -1.76. The molecular weight excluding hydrogens is 220 g/mol. The van der Waals surface area contributed by atoms with Crippen molar-refractivity contribution in [3.63, 3.8) is 0 Å². The number of hydrogen-bond donors (Lipinski definition) is 1. The van der Waals surface area contributed by atoms with Crippen LogP contribution in [0.4, 0.5) is 0 Å². The fourth-order valence-electron chi connectivity index (χ4n) is 2.80. The summed E-state index contributed by atoms with van der Waals surface area (Å²) in [4.78, 5) is 0. The van der Waals surface area contributed by atoms with Crippen LogP contribution in [0, 0.1) is 0 Å². The molecule has 1 nitrogen and oxygen atoms in total. The number of phenols is 1. The van der Waals surface area contributed by atoms with Crippen LogP contribution in [0.1, 0.15) is 37.7 Å². The molecule has 2 aromatic carbocycles. The van der Waals surface area contributed by atoms with E-state index in [0.29, 0.717) is 5.75 Å². The summed E-state index contributed by atoms with van der Waals surface area (Å²) >= 11 is 0. The van der Waals surface area contributed by atoms with Crippen LogP contribution in [-0.2, 0) is 0 Å². The van der Waals surface area contributed by atoms with Gasteiger partial charge in [0, 0.05) is 5.39 Å². The molecule has 0 heterocycles. The molecule has 1 fully saturated rings. The van der Waals surface area contributed by atoms with Crippen molar-refractivity contribution in [2.24, 2.45) is 0 Å². The molecule has 1 heteroatoms. The Labute approximate surface area is 108 Å². The number of allylic oxidation sites excluding steroid dienone is 1. The van der Waals surface area contributed by atoms with E-state index in [2.05, 4.69) is 12.1 Å². The van der Waals surface area contributed by atoms with Gasteiger partial charge in [-0.1, -0.05) is 48.4 Å². The van der Waals surface area contributed by atoms with E-state index in [-0.39, 0.29) is 0 Å². The Balaban J connectivity index is 2.09. The third-order valence-corrected chi connectivity index (χ3v) is 3.79. The zero-order valence-electron chi connectivity index (χ0n) is 10.5. The van der Waals surface area contributed by atoms with E-state index in [4.69, 9.17) is 0 Å². The van der Waals surface area contributed by atoms with Crippen LogP contribution >= 0.6 is 0 Å². The second-order valence-corrected chi connectivity index (χ2v) is 5.08. The third kappa shape index (κ3) is 2.13. The lowest BCUT2D eigenvalue weighted by Gasteiger charge is -2.14. The molecule has 0 aromatic heterocycles. The highest BCUT2D eigenvalue weighted by Crippen LogP contribution is 2.31. The Bertz CT molecular complexity index is 588. The van der Waals surface area contributed by atoms with Gasteiger partial charge in [0.15, 0.2) is 0 Å². The average molecular weight is 238 g/mol. The summed E-state index contributed by atoms with van der Waals surface area (Å²) in [6.07, 6.45) is 8.79. The first kappa shape index (κ1) is 11.3. The smallest absolute Gasteiger partial charge is 0.123 e. The van der Waals surface area contributed by atoms with Crippen molar-refractivity contribution in [2.45, 2.75) is 32.1 Å². The highest BCUT2D eigenvalue weighted by Gasteiger charge is 2.07. The minimum Gasteiger partial charge on any atom is -0.507 e. The average Bonchev–Trinajstić information content (AvgIpc) is 2.44. The molecule has 18 heavy (non-hydrogen) atoms. The maximum absolute atomic E-state index is 9.88. The van der Waals surface area contributed by atoms with Gasteiger partial charge in [-0.25, -0.2) is 0 Å². The Morgan fingerprint density at radius 1 is 0.833 bits per heavy atom. The highest BCUT2D eigenvalue weighted by atomic mass is 16.3. The zero-order valence-corrected chi connectivity index (χ0v) is 10.5. The first-order valence-electron chi connectivity index (χ1n) is 6.75. The molecule has 2 aromatic rings. The zero-order chi connectivity index (χ0) is 12.4. The van der Waals surface area contributed by atoms with Gasteiger partial charge in [0.1, 0.15) is 5.75 Å². The first-order chi connectivity index (χ1) is 8.84. The van der Waals surface area contributed by atoms with Gasteiger partial charge in [-0.05, 0) is 42.7 Å². The molecule has 0 atom stereocenters. The van der Waals surface area contributed by atoms with Gasteiger partial charge in [0.2, 0.25) is 0 Å². The number of aromatic hydroxyl groups is 1. The molecule has 3 rings (SSSR count). The SMILES string of the molecule is Oc1ccc(C=C2CCCCC2)c2ccccc12. The molecule has 92 valence electrons. The van der Waals surface area contributed by atoms with Crippen molar-refractivity contribution in [1.82, 2.24) is 0 Å². The van der Waals surface area contributed by atoms with Gasteiger partial charge < -0.3 is 5.11 Å². The molecule has 0 spiro atoms. The van der Waals surface area contributed by atoms with Crippen molar-refractivity contribution in [3.05, 3.63) is 47.5 Å². The van der Waals surface area contributed by atoms with E-state index < -0.39 is 0 Å². The number of fused-ring (bicyclic) bond motifs is 1. The largest absolute Gasteiger partial charge is 0.507 e. The summed E-state index contributed by atoms with van der Waals surface area (Å²) < 4.78 is 0. The summed E-state index contributed by atoms with van der Waals surface area (Å²) in [5.41, 5.74) is 2.79. The monoisotopic (exact) mass is 238 g/mol. The predicted octanol–water partition coefficient (Wildman–Crippen LogP) is 4.89. The van der Waals surface area contributed by atoms with Crippen molar-refractivity contribution < 1.29 is 5.11 Å². The lowest BCUT2D eigenvalue weighted by molar-refractivity contribution is 0.481. The normalized spacial score (nSPS) is 15.9. The molecule has 1 aliphatic rings. The number of rotatable bonds is 1. The fourth-order valence-corrected chi connectivity index (χ4v) is 2.80. The molecule has 0 unspecified atom stereocenters. The van der Waals surface area contributed by atoms with E-state index in [1.165, 1.54) is 37.7 Å². The second kappa shape index (κ2) is 4.85. The minimum absolute atomic E-state index is 0.372. The molecule has 1 N–H and O–H groups in total. The standard InChI is InChI=1S/C17H18O/c18-17-11-10-14(12-13-6-2-1-3-7-13)15-8-4-5-9-16(15)17/h4-5,8-12,18H,1-3,6-7H2. The molecule has 0 bridgehead atoms. The van der Waals surface area contributed by atoms with E-state index >= 15 is 0 Å². The highest BCUT2D eigenvalue weighted by molar-refractivity contribution is 5.94. The van der Waals surface area contributed by atoms with Gasteiger partial charge in [-0.2, -0.15) is 0 Å². The lowest BCUT2D eigenvalue weighted by atomic mass is 9.92. The van der Waals surface area contributed by atoms with Crippen LogP contribution in [0.3, 0.4) is 0 Å². The number of benzene rings is 2. The summed E-state index contributed by atoms with van der Waals surface area (Å²) in [5, 5.41) is 12.0. The summed E-state index contributed by atoms with van der Waals surface area (Å²) in [5.74, 6) is 0.372. The van der Waals surface area contributed by atoms with E-state index in [0.717, 1.165) is 10.8 Å². The molecular formula is C17H18O. The van der Waals surface area contributed by atoms with Gasteiger partial charge in [0.05, 0.1) is 0 Å². The maximum Gasteiger partial charge on any atom is 0.123 e. The van der Waals surface area contributed by atoms with Crippen LogP contribution < -0.4 is 0 Å². The Morgan fingerprint density at radius 2 is 1.56 bits per heavy atom. The van der Waals surface area contributed by atoms with Crippen molar-refractivity contribution in [2.75, 3.05) is 0 Å². The summed E-state index contributed by atoms with van der Waals surface area (Å²) in [7, 11) is 0. The third-order valence-electron chi connectivity index (χ3n) is 3.79. The van der Waals surface area contributed by atoms with Crippen LogP contribution in [0.2, 0.25) is 0 Å². The maximum atomic E-state index is 9.88. The molecule has 0 radical (unpaired) electrons. The quantitative estimate of drug-likeness (QED) is 0.749. The van der Waals surface area contributed by atoms with Crippen LogP contribution in [-0.4, -0.2) is 5.11 Å². The lowest BCUT2D eigenvalue weighted by Crippen LogP contribution is -1.93. The molecule has 0 amide bonds.